The molecule has 2 rings (SSSR count). The summed E-state index contributed by atoms with van der Waals surface area (Å²) in [6.45, 7) is 7.06. The minimum atomic E-state index is -1.35. The van der Waals surface area contributed by atoms with Crippen LogP contribution in [0.3, 0.4) is 0 Å². The second kappa shape index (κ2) is 10.9. The Morgan fingerprint density at radius 2 is 1.74 bits per heavy atom. The monoisotopic (exact) mass is 388 g/mol. The Balaban J connectivity index is 2.12. The van der Waals surface area contributed by atoms with Gasteiger partial charge in [0.05, 0.1) is 32.7 Å². The Labute approximate surface area is 158 Å². The van der Waals surface area contributed by atoms with Crippen LogP contribution in [0.1, 0.15) is 0 Å². The Morgan fingerprint density at radius 3 is 2.41 bits per heavy atom. The normalized spacial score (nSPS) is 39.0. The molecule has 0 aromatic carbocycles. The fourth-order valence-electron chi connectivity index (χ4n) is 2.90. The molecule has 2 heterocycles. The molecule has 0 aliphatic carbocycles. The predicted molar refractivity (Wildman–Crippen MR) is 93.6 cm³/mol. The molecule has 0 radical (unpaired) electrons. The molecule has 0 bridgehead atoms. The maximum atomic E-state index is 10.6. The average molecular weight is 388 g/mol. The van der Waals surface area contributed by atoms with Gasteiger partial charge in [-0.25, -0.2) is 0 Å². The van der Waals surface area contributed by atoms with E-state index in [1.165, 1.54) is 18.4 Å². The molecule has 2 aliphatic rings. The molecule has 0 unspecified atom stereocenters. The summed E-state index contributed by atoms with van der Waals surface area (Å²) in [7, 11) is 0. The van der Waals surface area contributed by atoms with E-state index in [9.17, 15) is 20.4 Å². The summed E-state index contributed by atoms with van der Waals surface area (Å²) < 4.78 is 27.4. The van der Waals surface area contributed by atoms with Crippen LogP contribution in [0, 0.1) is 0 Å². The minimum Gasteiger partial charge on any atom is -0.493 e. The van der Waals surface area contributed by atoms with Crippen molar-refractivity contribution in [3.63, 3.8) is 0 Å². The van der Waals surface area contributed by atoms with Gasteiger partial charge in [-0.15, -0.1) is 13.2 Å². The van der Waals surface area contributed by atoms with Crippen LogP contribution in [0.5, 0.6) is 0 Å². The molecule has 9 nitrogen and oxygen atoms in total. The van der Waals surface area contributed by atoms with Crippen molar-refractivity contribution in [1.82, 2.24) is 0 Å². The first-order valence-electron chi connectivity index (χ1n) is 8.72. The van der Waals surface area contributed by atoms with Gasteiger partial charge in [0.25, 0.3) is 0 Å². The van der Waals surface area contributed by atoms with Crippen molar-refractivity contribution in [2.75, 3.05) is 26.4 Å². The van der Waals surface area contributed by atoms with Crippen molar-refractivity contribution in [1.29, 1.82) is 0 Å². The quantitative estimate of drug-likeness (QED) is 0.271. The number of aliphatic hydroxyl groups excluding tert-OH is 4. The van der Waals surface area contributed by atoms with Crippen LogP contribution in [0.15, 0.2) is 37.6 Å². The maximum Gasteiger partial charge on any atom is 0.187 e. The summed E-state index contributed by atoms with van der Waals surface area (Å²) in [5.41, 5.74) is 0. The lowest BCUT2D eigenvalue weighted by atomic mass is 9.98. The Kier molecular flexibility index (Phi) is 8.87. The van der Waals surface area contributed by atoms with E-state index in [1.807, 2.05) is 0 Å². The summed E-state index contributed by atoms with van der Waals surface area (Å²) in [5.74, 6) is 0. The molecular formula is C18H28O9. The second-order valence-electron chi connectivity index (χ2n) is 6.21. The van der Waals surface area contributed by atoms with Crippen LogP contribution in [-0.4, -0.2) is 95.9 Å². The number of ether oxygens (including phenoxy) is 5. The first-order chi connectivity index (χ1) is 13.0. The molecule has 0 aromatic rings. The lowest BCUT2D eigenvalue weighted by Gasteiger charge is -2.44. The van der Waals surface area contributed by atoms with E-state index in [0.717, 1.165) is 0 Å². The summed E-state index contributed by atoms with van der Waals surface area (Å²) in [4.78, 5) is 0. The van der Waals surface area contributed by atoms with Gasteiger partial charge in [0.2, 0.25) is 0 Å². The lowest BCUT2D eigenvalue weighted by molar-refractivity contribution is -0.329. The van der Waals surface area contributed by atoms with Gasteiger partial charge in [0.1, 0.15) is 42.7 Å². The highest BCUT2D eigenvalue weighted by molar-refractivity contribution is 4.99. The molecule has 1 fully saturated rings. The maximum absolute atomic E-state index is 10.6. The molecule has 8 atom stereocenters. The van der Waals surface area contributed by atoms with Gasteiger partial charge in [0.15, 0.2) is 6.29 Å². The topological polar surface area (TPSA) is 127 Å². The fraction of sp³-hybridized carbons (Fsp3) is 0.667. The van der Waals surface area contributed by atoms with Crippen LogP contribution in [0.4, 0.5) is 0 Å². The molecule has 0 spiro atoms. The molecule has 0 aromatic heterocycles. The van der Waals surface area contributed by atoms with Crippen molar-refractivity contribution >= 4 is 0 Å². The molecule has 4 N–H and O–H groups in total. The van der Waals surface area contributed by atoms with E-state index >= 15 is 0 Å². The lowest BCUT2D eigenvalue weighted by Crippen LogP contribution is -2.62. The summed E-state index contributed by atoms with van der Waals surface area (Å²) in [6, 6.07) is 0. The van der Waals surface area contributed by atoms with Gasteiger partial charge in [-0.3, -0.25) is 0 Å². The molecule has 0 saturated carbocycles. The van der Waals surface area contributed by atoms with E-state index in [4.69, 9.17) is 23.7 Å². The molecule has 0 amide bonds. The Bertz CT molecular complexity index is 497. The zero-order valence-electron chi connectivity index (χ0n) is 15.0. The van der Waals surface area contributed by atoms with Crippen LogP contribution in [0.25, 0.3) is 0 Å². The molecule has 1 saturated heterocycles. The molecule has 27 heavy (non-hydrogen) atoms. The average Bonchev–Trinajstić information content (AvgIpc) is 2.66. The van der Waals surface area contributed by atoms with Crippen molar-refractivity contribution in [2.45, 2.75) is 49.0 Å². The molecule has 2 aliphatic heterocycles. The van der Waals surface area contributed by atoms with E-state index in [2.05, 4.69) is 13.2 Å². The number of hydrogen-bond acceptors (Lipinski definition) is 9. The van der Waals surface area contributed by atoms with Gasteiger partial charge in [-0.1, -0.05) is 12.2 Å². The van der Waals surface area contributed by atoms with Crippen LogP contribution < -0.4 is 0 Å². The fourth-order valence-corrected chi connectivity index (χ4v) is 2.90. The standard InChI is InChI=1S/C18H28O9/c1-3-6-23-10-13-14(21)17(25-7-4-2)15(22)18(26-13)27-16-11(20)5-8-24-12(16)9-19/h3-5,8,11-22H,1-2,6-7,9-10H2/t11-,12-,13-,14+,15-,16+,17+,18+/m1/s1. The minimum absolute atomic E-state index is 0.0147. The third-order valence-corrected chi connectivity index (χ3v) is 4.27. The third kappa shape index (κ3) is 5.59. The zero-order valence-corrected chi connectivity index (χ0v) is 15.0. The van der Waals surface area contributed by atoms with Crippen molar-refractivity contribution in [3.8, 4) is 0 Å². The highest BCUT2D eigenvalue weighted by atomic mass is 16.7. The molecule has 154 valence electrons. The van der Waals surface area contributed by atoms with Gasteiger partial charge < -0.3 is 44.1 Å². The third-order valence-electron chi connectivity index (χ3n) is 4.27. The number of aliphatic hydroxyl groups is 4. The largest absolute Gasteiger partial charge is 0.493 e. The van der Waals surface area contributed by atoms with E-state index in [-0.39, 0.29) is 19.8 Å². The zero-order chi connectivity index (χ0) is 19.8. The van der Waals surface area contributed by atoms with Gasteiger partial charge >= 0.3 is 0 Å². The first-order valence-corrected chi connectivity index (χ1v) is 8.72. The highest BCUT2D eigenvalue weighted by Crippen LogP contribution is 2.28. The van der Waals surface area contributed by atoms with Gasteiger partial charge in [-0.2, -0.15) is 0 Å². The van der Waals surface area contributed by atoms with Crippen LogP contribution in [0.2, 0.25) is 0 Å². The van der Waals surface area contributed by atoms with E-state index in [0.29, 0.717) is 0 Å². The predicted octanol–water partition coefficient (Wildman–Crippen LogP) is -1.14. The smallest absolute Gasteiger partial charge is 0.187 e. The van der Waals surface area contributed by atoms with Gasteiger partial charge in [0, 0.05) is 0 Å². The van der Waals surface area contributed by atoms with Gasteiger partial charge in [-0.05, 0) is 6.08 Å². The molecular weight excluding hydrogens is 360 g/mol. The van der Waals surface area contributed by atoms with E-state index in [1.54, 1.807) is 6.08 Å². The summed E-state index contributed by atoms with van der Waals surface area (Å²) in [5, 5.41) is 40.6. The second-order valence-corrected chi connectivity index (χ2v) is 6.21. The van der Waals surface area contributed by atoms with E-state index < -0.39 is 55.6 Å². The van der Waals surface area contributed by atoms with Crippen LogP contribution >= 0.6 is 0 Å². The Morgan fingerprint density at radius 1 is 1.00 bits per heavy atom. The number of rotatable bonds is 10. The van der Waals surface area contributed by atoms with Crippen molar-refractivity contribution < 1.29 is 44.1 Å². The SMILES string of the molecule is C=CCOC[C@H]1O[C@@H](O[C@H]2[C@H](O)C=CO[C@@H]2CO)[C@H](O)[C@@H](OCC=C)[C@H]1O. The highest BCUT2D eigenvalue weighted by Gasteiger charge is 2.48. The summed E-state index contributed by atoms with van der Waals surface area (Å²) >= 11 is 0. The first kappa shape index (κ1) is 22.0. The number of hydrogen-bond donors (Lipinski definition) is 4. The summed E-state index contributed by atoms with van der Waals surface area (Å²) in [6.07, 6.45) is -2.87. The van der Waals surface area contributed by atoms with Crippen LogP contribution in [-0.2, 0) is 23.7 Å². The molecule has 9 heteroatoms. The Hall–Kier alpha value is -1.30. The van der Waals surface area contributed by atoms with Crippen molar-refractivity contribution in [3.05, 3.63) is 37.6 Å². The van der Waals surface area contributed by atoms with Crippen molar-refractivity contribution in [2.24, 2.45) is 0 Å².